The lowest BCUT2D eigenvalue weighted by atomic mass is 10.1. The van der Waals surface area contributed by atoms with Crippen LogP contribution in [0.3, 0.4) is 0 Å². The molecule has 0 radical (unpaired) electrons. The average molecular weight is 305 g/mol. The van der Waals surface area contributed by atoms with Gasteiger partial charge in [-0.05, 0) is 54.4 Å². The van der Waals surface area contributed by atoms with Gasteiger partial charge in [0.05, 0.1) is 0 Å². The Morgan fingerprint density at radius 2 is 1.74 bits per heavy atom. The number of benzene rings is 3. The maximum Gasteiger partial charge on any atom is 0.265 e. The van der Waals surface area contributed by atoms with E-state index in [9.17, 15) is 4.79 Å². The maximum absolute atomic E-state index is 12.3. The Kier molecular flexibility index (Phi) is 4.29. The summed E-state index contributed by atoms with van der Waals surface area (Å²) in [5, 5.41) is 5.12. The van der Waals surface area contributed by atoms with Crippen LogP contribution in [0.15, 0.2) is 66.7 Å². The van der Waals surface area contributed by atoms with E-state index < -0.39 is 6.10 Å². The van der Waals surface area contributed by atoms with E-state index in [0.29, 0.717) is 5.75 Å². The second kappa shape index (κ2) is 6.53. The summed E-state index contributed by atoms with van der Waals surface area (Å²) in [4.78, 5) is 12.3. The summed E-state index contributed by atoms with van der Waals surface area (Å²) in [5.41, 5.74) is 1.88. The molecular formula is C20H19NO2. The fraction of sp³-hybridized carbons (Fsp3) is 0.150. The van der Waals surface area contributed by atoms with Crippen molar-refractivity contribution in [3.63, 3.8) is 0 Å². The fourth-order valence-corrected chi connectivity index (χ4v) is 2.47. The van der Waals surface area contributed by atoms with E-state index in [1.807, 2.05) is 73.7 Å². The van der Waals surface area contributed by atoms with E-state index in [1.165, 1.54) is 0 Å². The molecule has 0 bridgehead atoms. The predicted octanol–water partition coefficient (Wildman–Crippen LogP) is 4.55. The first-order valence-corrected chi connectivity index (χ1v) is 7.65. The Balaban J connectivity index is 1.69. The number of fused-ring (bicyclic) bond motifs is 1. The smallest absolute Gasteiger partial charge is 0.265 e. The number of carbonyl (C=O) groups is 1. The zero-order valence-electron chi connectivity index (χ0n) is 13.2. The van der Waals surface area contributed by atoms with Gasteiger partial charge >= 0.3 is 0 Å². The summed E-state index contributed by atoms with van der Waals surface area (Å²) in [6, 6.07) is 21.6. The average Bonchev–Trinajstić information content (AvgIpc) is 2.54. The van der Waals surface area contributed by atoms with Gasteiger partial charge in [-0.2, -0.15) is 0 Å². The third-order valence-corrected chi connectivity index (χ3v) is 3.69. The molecule has 0 unspecified atom stereocenters. The van der Waals surface area contributed by atoms with Gasteiger partial charge < -0.3 is 10.1 Å². The number of anilines is 1. The molecule has 3 aromatic rings. The molecule has 3 aromatic carbocycles. The molecule has 3 rings (SSSR count). The molecule has 0 aliphatic rings. The second-order valence-corrected chi connectivity index (χ2v) is 5.63. The SMILES string of the molecule is Cc1cccc(NC(=O)[C@@H](C)Oc2ccc3ccccc3c2)c1. The zero-order chi connectivity index (χ0) is 16.2. The largest absolute Gasteiger partial charge is 0.481 e. The van der Waals surface area contributed by atoms with E-state index in [2.05, 4.69) is 5.32 Å². The number of amides is 1. The summed E-state index contributed by atoms with van der Waals surface area (Å²) in [6.45, 7) is 3.74. The van der Waals surface area contributed by atoms with Crippen molar-refractivity contribution in [2.75, 3.05) is 5.32 Å². The number of carbonyl (C=O) groups excluding carboxylic acids is 1. The van der Waals surface area contributed by atoms with Gasteiger partial charge in [-0.1, -0.05) is 42.5 Å². The van der Waals surface area contributed by atoms with Gasteiger partial charge in [-0.3, -0.25) is 4.79 Å². The van der Waals surface area contributed by atoms with E-state index in [0.717, 1.165) is 22.0 Å². The number of rotatable bonds is 4. The number of aryl methyl sites for hydroxylation is 1. The first-order chi connectivity index (χ1) is 11.1. The van der Waals surface area contributed by atoms with Crippen LogP contribution in [0.5, 0.6) is 5.75 Å². The molecule has 3 nitrogen and oxygen atoms in total. The molecule has 0 saturated heterocycles. The van der Waals surface area contributed by atoms with Crippen molar-refractivity contribution in [3.05, 3.63) is 72.3 Å². The van der Waals surface area contributed by atoms with Crippen LogP contribution >= 0.6 is 0 Å². The van der Waals surface area contributed by atoms with Crippen LogP contribution < -0.4 is 10.1 Å². The fourth-order valence-electron chi connectivity index (χ4n) is 2.47. The quantitative estimate of drug-likeness (QED) is 0.767. The molecule has 0 aliphatic carbocycles. The van der Waals surface area contributed by atoms with Crippen LogP contribution in [0.1, 0.15) is 12.5 Å². The van der Waals surface area contributed by atoms with Crippen LogP contribution in [-0.2, 0) is 4.79 Å². The standard InChI is InChI=1S/C20H19NO2/c1-14-6-5-9-18(12-14)21-20(22)15(2)23-19-11-10-16-7-3-4-8-17(16)13-19/h3-13,15H,1-2H3,(H,21,22)/t15-/m1/s1. The van der Waals surface area contributed by atoms with E-state index in [1.54, 1.807) is 6.92 Å². The first kappa shape index (κ1) is 15.1. The molecule has 1 N–H and O–H groups in total. The third-order valence-electron chi connectivity index (χ3n) is 3.69. The van der Waals surface area contributed by atoms with Gasteiger partial charge in [-0.15, -0.1) is 0 Å². The van der Waals surface area contributed by atoms with E-state index >= 15 is 0 Å². The van der Waals surface area contributed by atoms with Gasteiger partial charge in [0.2, 0.25) is 0 Å². The highest BCUT2D eigenvalue weighted by molar-refractivity contribution is 5.94. The Hall–Kier alpha value is -2.81. The van der Waals surface area contributed by atoms with E-state index in [4.69, 9.17) is 4.74 Å². The Bertz CT molecular complexity index is 842. The van der Waals surface area contributed by atoms with Crippen molar-refractivity contribution >= 4 is 22.4 Å². The van der Waals surface area contributed by atoms with Crippen molar-refractivity contribution < 1.29 is 9.53 Å². The van der Waals surface area contributed by atoms with Gasteiger partial charge in [0, 0.05) is 5.69 Å². The number of nitrogens with one attached hydrogen (secondary N) is 1. The lowest BCUT2D eigenvalue weighted by Gasteiger charge is -2.15. The molecule has 116 valence electrons. The van der Waals surface area contributed by atoms with Crippen LogP contribution in [0.4, 0.5) is 5.69 Å². The summed E-state index contributed by atoms with van der Waals surface area (Å²) < 4.78 is 5.77. The Labute approximate surface area is 135 Å². The molecule has 1 amide bonds. The molecule has 0 aromatic heterocycles. The van der Waals surface area contributed by atoms with Crippen LogP contribution in [0.2, 0.25) is 0 Å². The van der Waals surface area contributed by atoms with Crippen molar-refractivity contribution in [1.29, 1.82) is 0 Å². The van der Waals surface area contributed by atoms with Gasteiger partial charge in [0.15, 0.2) is 6.10 Å². The summed E-state index contributed by atoms with van der Waals surface area (Å²) in [6.07, 6.45) is -0.573. The number of hydrogen-bond donors (Lipinski definition) is 1. The molecule has 0 heterocycles. The molecule has 0 saturated carbocycles. The lowest BCUT2D eigenvalue weighted by Crippen LogP contribution is -2.30. The molecule has 3 heteroatoms. The normalized spacial score (nSPS) is 11.9. The highest BCUT2D eigenvalue weighted by Gasteiger charge is 2.15. The second-order valence-electron chi connectivity index (χ2n) is 5.63. The van der Waals surface area contributed by atoms with Crippen LogP contribution in [0.25, 0.3) is 10.8 Å². The van der Waals surface area contributed by atoms with Gasteiger partial charge in [-0.25, -0.2) is 0 Å². The number of hydrogen-bond acceptors (Lipinski definition) is 2. The monoisotopic (exact) mass is 305 g/mol. The van der Waals surface area contributed by atoms with Gasteiger partial charge in [0.1, 0.15) is 5.75 Å². The summed E-state index contributed by atoms with van der Waals surface area (Å²) in [5.74, 6) is 0.527. The molecule has 23 heavy (non-hydrogen) atoms. The minimum Gasteiger partial charge on any atom is -0.481 e. The molecule has 1 atom stereocenters. The van der Waals surface area contributed by atoms with Crippen molar-refractivity contribution in [1.82, 2.24) is 0 Å². The highest BCUT2D eigenvalue weighted by Crippen LogP contribution is 2.21. The molecule has 0 fully saturated rings. The zero-order valence-corrected chi connectivity index (χ0v) is 13.2. The maximum atomic E-state index is 12.3. The molecular weight excluding hydrogens is 286 g/mol. The minimum absolute atomic E-state index is 0.163. The van der Waals surface area contributed by atoms with Crippen LogP contribution in [0, 0.1) is 6.92 Å². The summed E-state index contributed by atoms with van der Waals surface area (Å²) >= 11 is 0. The first-order valence-electron chi connectivity index (χ1n) is 7.65. The molecule has 0 aliphatic heterocycles. The minimum atomic E-state index is -0.573. The summed E-state index contributed by atoms with van der Waals surface area (Å²) in [7, 11) is 0. The lowest BCUT2D eigenvalue weighted by molar-refractivity contribution is -0.122. The topological polar surface area (TPSA) is 38.3 Å². The van der Waals surface area contributed by atoms with Gasteiger partial charge in [0.25, 0.3) is 5.91 Å². The highest BCUT2D eigenvalue weighted by atomic mass is 16.5. The Morgan fingerprint density at radius 1 is 0.957 bits per heavy atom. The molecule has 0 spiro atoms. The van der Waals surface area contributed by atoms with Crippen molar-refractivity contribution in [3.8, 4) is 5.75 Å². The predicted molar refractivity (Wildman–Crippen MR) is 93.8 cm³/mol. The van der Waals surface area contributed by atoms with Crippen molar-refractivity contribution in [2.24, 2.45) is 0 Å². The Morgan fingerprint density at radius 3 is 2.52 bits per heavy atom. The van der Waals surface area contributed by atoms with Crippen molar-refractivity contribution in [2.45, 2.75) is 20.0 Å². The van der Waals surface area contributed by atoms with E-state index in [-0.39, 0.29) is 5.91 Å². The van der Waals surface area contributed by atoms with Crippen LogP contribution in [-0.4, -0.2) is 12.0 Å². The third kappa shape index (κ3) is 3.69. The number of ether oxygens (including phenoxy) is 1.